The Morgan fingerprint density at radius 2 is 1.61 bits per heavy atom. The lowest BCUT2D eigenvalue weighted by Crippen LogP contribution is -2.48. The Labute approximate surface area is 210 Å². The quantitative estimate of drug-likeness (QED) is 0.342. The zero-order valence-electron chi connectivity index (χ0n) is 20.8. The highest BCUT2D eigenvalue weighted by Gasteiger charge is 2.21. The van der Waals surface area contributed by atoms with Crippen LogP contribution in [0.1, 0.15) is 37.5 Å². The molecule has 2 atom stereocenters. The molecule has 4 nitrogen and oxygen atoms in total. The van der Waals surface area contributed by atoms with Crippen molar-refractivity contribution >= 4 is 5.91 Å². The van der Waals surface area contributed by atoms with Crippen LogP contribution in [0.5, 0.6) is 0 Å². The van der Waals surface area contributed by atoms with Gasteiger partial charge in [0, 0.05) is 26.1 Å². The summed E-state index contributed by atoms with van der Waals surface area (Å²) in [6.07, 6.45) is -0.0553. The third-order valence-corrected chi connectivity index (χ3v) is 5.85. The summed E-state index contributed by atoms with van der Waals surface area (Å²) in [4.78, 5) is 11.7. The van der Waals surface area contributed by atoms with E-state index < -0.39 is 23.8 Å². The summed E-state index contributed by atoms with van der Waals surface area (Å²) in [5.74, 6) is -1.64. The van der Waals surface area contributed by atoms with E-state index in [9.17, 15) is 23.1 Å². The molecule has 7 heteroatoms. The smallest absolute Gasteiger partial charge is 0.217 e. The number of carbonyl (C=O) groups excluding carboxylic acids is 1. The molecule has 0 saturated carbocycles. The summed E-state index contributed by atoms with van der Waals surface area (Å²) in [6.45, 7) is 6.13. The molecule has 0 fully saturated rings. The molecule has 1 unspecified atom stereocenters. The molecule has 3 N–H and O–H groups in total. The average Bonchev–Trinajstić information content (AvgIpc) is 2.77. The minimum Gasteiger partial charge on any atom is -0.390 e. The van der Waals surface area contributed by atoms with Gasteiger partial charge in [-0.3, -0.25) is 4.79 Å². The third kappa shape index (κ3) is 8.21. The number of carbonyl (C=O) groups is 1. The first kappa shape index (κ1) is 27.4. The summed E-state index contributed by atoms with van der Waals surface area (Å²) in [7, 11) is 0. The Morgan fingerprint density at radius 3 is 2.25 bits per heavy atom. The highest BCUT2D eigenvalue weighted by Crippen LogP contribution is 2.26. The molecule has 0 aliphatic carbocycles. The van der Waals surface area contributed by atoms with E-state index in [0.29, 0.717) is 18.0 Å². The molecular formula is C29H33F3N2O2. The first-order chi connectivity index (χ1) is 17.1. The number of halogens is 3. The topological polar surface area (TPSA) is 61.4 Å². The second kappa shape index (κ2) is 12.7. The van der Waals surface area contributed by atoms with E-state index >= 15 is 0 Å². The lowest BCUT2D eigenvalue weighted by molar-refractivity contribution is -0.120. The van der Waals surface area contributed by atoms with Gasteiger partial charge in [0.2, 0.25) is 5.91 Å². The molecule has 0 spiro atoms. The number of aliphatic hydroxyl groups excluding tert-OH is 1. The monoisotopic (exact) mass is 498 g/mol. The molecule has 0 aliphatic rings. The zero-order chi connectivity index (χ0) is 26.2. The lowest BCUT2D eigenvalue weighted by atomic mass is 9.94. The maximum Gasteiger partial charge on any atom is 0.217 e. The molecule has 0 aromatic heterocycles. The Kier molecular flexibility index (Phi) is 9.67. The molecule has 192 valence electrons. The Bertz CT molecular complexity index is 1160. The maximum absolute atomic E-state index is 13.9. The molecule has 36 heavy (non-hydrogen) atoms. The van der Waals surface area contributed by atoms with Gasteiger partial charge in [0.05, 0.1) is 12.1 Å². The van der Waals surface area contributed by atoms with Crippen LogP contribution in [-0.4, -0.2) is 29.7 Å². The molecule has 0 radical (unpaired) electrons. The van der Waals surface area contributed by atoms with Gasteiger partial charge in [-0.15, -0.1) is 0 Å². The van der Waals surface area contributed by atoms with Crippen molar-refractivity contribution in [3.8, 4) is 11.1 Å². The van der Waals surface area contributed by atoms with Gasteiger partial charge in [0.1, 0.15) is 17.5 Å². The van der Waals surface area contributed by atoms with E-state index in [0.717, 1.165) is 34.7 Å². The molecule has 0 aliphatic heterocycles. The van der Waals surface area contributed by atoms with Crippen molar-refractivity contribution in [2.24, 2.45) is 5.92 Å². The van der Waals surface area contributed by atoms with Crippen molar-refractivity contribution in [3.63, 3.8) is 0 Å². The molecule has 3 aromatic rings. The van der Waals surface area contributed by atoms with Crippen LogP contribution in [0.3, 0.4) is 0 Å². The predicted octanol–water partition coefficient (Wildman–Crippen LogP) is 5.17. The molecular weight excluding hydrogens is 465 g/mol. The predicted molar refractivity (Wildman–Crippen MR) is 136 cm³/mol. The summed E-state index contributed by atoms with van der Waals surface area (Å²) in [5, 5.41) is 16.7. The second-order valence-corrected chi connectivity index (χ2v) is 9.59. The molecule has 0 heterocycles. The van der Waals surface area contributed by atoms with Gasteiger partial charge in [-0.05, 0) is 70.8 Å². The van der Waals surface area contributed by atoms with Gasteiger partial charge < -0.3 is 15.7 Å². The van der Waals surface area contributed by atoms with Crippen molar-refractivity contribution in [1.82, 2.24) is 10.6 Å². The van der Waals surface area contributed by atoms with E-state index in [-0.39, 0.29) is 24.7 Å². The molecule has 0 saturated heterocycles. The van der Waals surface area contributed by atoms with Crippen LogP contribution in [0.15, 0.2) is 60.7 Å². The normalized spacial score (nSPS) is 13.0. The lowest BCUT2D eigenvalue weighted by Gasteiger charge is -2.24. The van der Waals surface area contributed by atoms with Crippen LogP contribution < -0.4 is 10.6 Å². The van der Waals surface area contributed by atoms with Crippen LogP contribution >= 0.6 is 0 Å². The minimum atomic E-state index is -1.02. The summed E-state index contributed by atoms with van der Waals surface area (Å²) in [6, 6.07) is 14.9. The fourth-order valence-electron chi connectivity index (χ4n) is 4.35. The highest BCUT2D eigenvalue weighted by atomic mass is 19.1. The molecule has 0 bridgehead atoms. The molecule has 1 amide bonds. The van der Waals surface area contributed by atoms with Gasteiger partial charge in [0.25, 0.3) is 0 Å². The number of benzene rings is 3. The largest absolute Gasteiger partial charge is 0.390 e. The van der Waals surface area contributed by atoms with E-state index in [2.05, 4.69) is 30.5 Å². The van der Waals surface area contributed by atoms with E-state index in [1.165, 1.54) is 31.2 Å². The summed E-state index contributed by atoms with van der Waals surface area (Å²) >= 11 is 0. The summed E-state index contributed by atoms with van der Waals surface area (Å²) < 4.78 is 41.1. The average molecular weight is 499 g/mol. The highest BCUT2D eigenvalue weighted by molar-refractivity contribution is 5.73. The van der Waals surface area contributed by atoms with Gasteiger partial charge in [0.15, 0.2) is 0 Å². The van der Waals surface area contributed by atoms with Crippen molar-refractivity contribution in [2.75, 3.05) is 6.54 Å². The molecule has 3 aromatic carbocycles. The fraction of sp³-hybridized carbons (Fsp3) is 0.345. The van der Waals surface area contributed by atoms with Crippen LogP contribution in [-0.2, 0) is 24.2 Å². The van der Waals surface area contributed by atoms with E-state index in [1.54, 1.807) is 6.07 Å². The first-order valence-electron chi connectivity index (χ1n) is 12.1. The van der Waals surface area contributed by atoms with Crippen LogP contribution in [0.4, 0.5) is 13.2 Å². The number of rotatable bonds is 11. The van der Waals surface area contributed by atoms with Crippen molar-refractivity contribution in [3.05, 3.63) is 94.8 Å². The first-order valence-corrected chi connectivity index (χ1v) is 12.1. The van der Waals surface area contributed by atoms with Crippen LogP contribution in [0, 0.1) is 23.4 Å². The van der Waals surface area contributed by atoms with Crippen molar-refractivity contribution < 1.29 is 23.1 Å². The number of aliphatic hydroxyl groups is 1. The zero-order valence-corrected chi connectivity index (χ0v) is 20.8. The summed E-state index contributed by atoms with van der Waals surface area (Å²) in [5.41, 5.74) is 4.09. The Balaban J connectivity index is 1.75. The van der Waals surface area contributed by atoms with E-state index in [1.807, 2.05) is 18.2 Å². The van der Waals surface area contributed by atoms with Crippen molar-refractivity contribution in [1.29, 1.82) is 0 Å². The van der Waals surface area contributed by atoms with Crippen LogP contribution in [0.25, 0.3) is 11.1 Å². The Hall–Kier alpha value is -3.16. The minimum absolute atomic E-state index is 0.0650. The number of hydrogen-bond donors (Lipinski definition) is 3. The van der Waals surface area contributed by atoms with Gasteiger partial charge in [-0.1, -0.05) is 44.2 Å². The van der Waals surface area contributed by atoms with Crippen molar-refractivity contribution in [2.45, 2.75) is 52.3 Å². The number of nitrogens with one attached hydrogen (secondary N) is 2. The Morgan fingerprint density at radius 1 is 0.889 bits per heavy atom. The maximum atomic E-state index is 13.9. The van der Waals surface area contributed by atoms with Gasteiger partial charge in [-0.2, -0.15) is 0 Å². The SMILES string of the molecule is CC(=O)NC(Cc1cc(F)cc(F)c1)[C@H](O)CNCc1cc(CC(C)C)ccc1-c1cccc(F)c1. The second-order valence-electron chi connectivity index (χ2n) is 9.59. The van der Waals surface area contributed by atoms with E-state index in [4.69, 9.17) is 0 Å². The molecule has 3 rings (SSSR count). The van der Waals surface area contributed by atoms with Crippen LogP contribution in [0.2, 0.25) is 0 Å². The number of amides is 1. The van der Waals surface area contributed by atoms with Gasteiger partial charge in [-0.25, -0.2) is 13.2 Å². The fourth-order valence-corrected chi connectivity index (χ4v) is 4.35. The number of hydrogen-bond acceptors (Lipinski definition) is 3. The standard InChI is InChI=1S/C29H33F3N2O2/c1-18(2)9-20-7-8-27(22-5-4-6-24(30)14-22)23(10-20)16-33-17-29(36)28(34-19(3)35)13-21-11-25(31)15-26(32)12-21/h4-8,10-12,14-15,18,28-29,33,36H,9,13,16-17H2,1-3H3,(H,34,35)/t28?,29-/m1/s1. The van der Waals surface area contributed by atoms with Gasteiger partial charge >= 0.3 is 0 Å². The third-order valence-electron chi connectivity index (χ3n) is 5.85.